The Bertz CT molecular complexity index is 413. The van der Waals surface area contributed by atoms with Gasteiger partial charge in [0.05, 0.1) is 11.7 Å². The molecule has 1 heterocycles. The molecule has 0 radical (unpaired) electrons. The average Bonchev–Trinajstić information content (AvgIpc) is 2.44. The largest absolute Gasteiger partial charge is 0.489 e. The summed E-state index contributed by atoms with van der Waals surface area (Å²) >= 11 is 0. The van der Waals surface area contributed by atoms with Crippen molar-refractivity contribution >= 4 is 18.3 Å². The van der Waals surface area contributed by atoms with Crippen LogP contribution in [0.25, 0.3) is 0 Å². The molecular weight excluding hydrogens is 288 g/mol. The molecule has 0 fully saturated rings. The van der Waals surface area contributed by atoms with Crippen molar-refractivity contribution in [2.45, 2.75) is 64.9 Å². The summed E-state index contributed by atoms with van der Waals surface area (Å²) in [4.78, 5) is 15.3. The first-order valence-electron chi connectivity index (χ1n) is 7.59. The van der Waals surface area contributed by atoms with E-state index in [1.807, 2.05) is 0 Å². The zero-order chi connectivity index (χ0) is 14.8. The number of hydrogen-bond donors (Lipinski definition) is 1. The molecule has 0 saturated carbocycles. The second-order valence-corrected chi connectivity index (χ2v) is 5.11. The lowest BCUT2D eigenvalue weighted by Gasteiger charge is -2.19. The van der Waals surface area contributed by atoms with Crippen LogP contribution >= 0.6 is 12.4 Å². The van der Waals surface area contributed by atoms with Gasteiger partial charge in [0.15, 0.2) is 0 Å². The van der Waals surface area contributed by atoms with Crippen LogP contribution in [-0.2, 0) is 0 Å². The van der Waals surface area contributed by atoms with E-state index < -0.39 is 5.91 Å². The Morgan fingerprint density at radius 1 is 1.24 bits per heavy atom. The molecule has 1 rings (SSSR count). The smallest absolute Gasteiger partial charge is 0.254 e. The molecule has 0 spiro atoms. The van der Waals surface area contributed by atoms with Crippen LogP contribution in [0.15, 0.2) is 18.5 Å². The average molecular weight is 315 g/mol. The van der Waals surface area contributed by atoms with Gasteiger partial charge in [-0.2, -0.15) is 0 Å². The van der Waals surface area contributed by atoms with Gasteiger partial charge in [0.1, 0.15) is 5.75 Å². The number of unbranched alkanes of at least 4 members (excludes halogenated alkanes) is 3. The van der Waals surface area contributed by atoms with E-state index in [2.05, 4.69) is 18.8 Å². The first kappa shape index (κ1) is 19.7. The predicted octanol–water partition coefficient (Wildman–Crippen LogP) is 4.12. The predicted molar refractivity (Wildman–Crippen MR) is 88.1 cm³/mol. The molecule has 0 aliphatic heterocycles. The number of primary amides is 1. The number of pyridine rings is 1. The summed E-state index contributed by atoms with van der Waals surface area (Å²) < 4.78 is 5.99. The SMILES string of the molecule is CCCCCCC(CCC)Oc1ccncc1C(N)=O.Cl. The third kappa shape index (κ3) is 7.32. The fourth-order valence-corrected chi connectivity index (χ4v) is 2.23. The fourth-order valence-electron chi connectivity index (χ4n) is 2.23. The number of nitrogens with zero attached hydrogens (tertiary/aromatic N) is 1. The number of nitrogens with two attached hydrogens (primary N) is 1. The van der Waals surface area contributed by atoms with E-state index in [1.54, 1.807) is 12.3 Å². The zero-order valence-corrected chi connectivity index (χ0v) is 13.8. The topological polar surface area (TPSA) is 65.2 Å². The lowest BCUT2D eigenvalue weighted by molar-refractivity contribution is 0.0990. The lowest BCUT2D eigenvalue weighted by atomic mass is 10.1. The van der Waals surface area contributed by atoms with E-state index in [0.717, 1.165) is 25.7 Å². The van der Waals surface area contributed by atoms with Gasteiger partial charge in [0.2, 0.25) is 0 Å². The molecule has 120 valence electrons. The highest BCUT2D eigenvalue weighted by Crippen LogP contribution is 2.21. The first-order chi connectivity index (χ1) is 9.69. The molecule has 1 aromatic heterocycles. The highest BCUT2D eigenvalue weighted by molar-refractivity contribution is 5.95. The summed E-state index contributed by atoms with van der Waals surface area (Å²) in [6.07, 6.45) is 11.2. The number of ether oxygens (including phenoxy) is 1. The van der Waals surface area contributed by atoms with Crippen LogP contribution < -0.4 is 10.5 Å². The Labute approximate surface area is 133 Å². The Hall–Kier alpha value is -1.29. The molecule has 0 aliphatic rings. The molecular formula is C16H27ClN2O2. The number of halogens is 1. The number of amides is 1. The molecule has 0 aliphatic carbocycles. The highest BCUT2D eigenvalue weighted by atomic mass is 35.5. The second-order valence-electron chi connectivity index (χ2n) is 5.11. The van der Waals surface area contributed by atoms with Crippen molar-refractivity contribution in [3.8, 4) is 5.75 Å². The third-order valence-electron chi connectivity index (χ3n) is 3.33. The van der Waals surface area contributed by atoms with Gasteiger partial charge in [-0.3, -0.25) is 9.78 Å². The monoisotopic (exact) mass is 314 g/mol. The van der Waals surface area contributed by atoms with Crippen LogP contribution in [0.1, 0.15) is 69.2 Å². The van der Waals surface area contributed by atoms with Crippen LogP contribution in [0, 0.1) is 0 Å². The minimum Gasteiger partial charge on any atom is -0.489 e. The molecule has 2 N–H and O–H groups in total. The van der Waals surface area contributed by atoms with Crippen molar-refractivity contribution < 1.29 is 9.53 Å². The minimum absolute atomic E-state index is 0. The molecule has 0 saturated heterocycles. The summed E-state index contributed by atoms with van der Waals surface area (Å²) in [5, 5.41) is 0. The number of rotatable bonds is 10. The quantitative estimate of drug-likeness (QED) is 0.661. The Morgan fingerprint density at radius 2 is 2.00 bits per heavy atom. The van der Waals surface area contributed by atoms with Crippen LogP contribution in [0.4, 0.5) is 0 Å². The maximum Gasteiger partial charge on any atom is 0.254 e. The van der Waals surface area contributed by atoms with Crippen molar-refractivity contribution in [2.75, 3.05) is 0 Å². The molecule has 1 atom stereocenters. The van der Waals surface area contributed by atoms with Crippen molar-refractivity contribution in [1.29, 1.82) is 0 Å². The van der Waals surface area contributed by atoms with E-state index in [0.29, 0.717) is 11.3 Å². The maximum absolute atomic E-state index is 11.4. The molecule has 0 aromatic carbocycles. The highest BCUT2D eigenvalue weighted by Gasteiger charge is 2.14. The molecule has 4 nitrogen and oxygen atoms in total. The summed E-state index contributed by atoms with van der Waals surface area (Å²) in [5.41, 5.74) is 5.71. The van der Waals surface area contributed by atoms with Crippen molar-refractivity contribution in [3.63, 3.8) is 0 Å². The van der Waals surface area contributed by atoms with E-state index in [-0.39, 0.29) is 18.5 Å². The molecule has 1 unspecified atom stereocenters. The molecule has 21 heavy (non-hydrogen) atoms. The van der Waals surface area contributed by atoms with Crippen LogP contribution in [-0.4, -0.2) is 17.0 Å². The van der Waals surface area contributed by atoms with Crippen molar-refractivity contribution in [3.05, 3.63) is 24.0 Å². The molecule has 1 aromatic rings. The van der Waals surface area contributed by atoms with Gasteiger partial charge in [0.25, 0.3) is 5.91 Å². The normalized spacial score (nSPS) is 11.5. The van der Waals surface area contributed by atoms with Gasteiger partial charge in [-0.1, -0.05) is 39.5 Å². The summed E-state index contributed by atoms with van der Waals surface area (Å²) in [7, 11) is 0. The van der Waals surface area contributed by atoms with E-state index in [4.69, 9.17) is 10.5 Å². The number of carbonyl (C=O) groups excluding carboxylic acids is 1. The van der Waals surface area contributed by atoms with Gasteiger partial charge in [0, 0.05) is 12.4 Å². The Balaban J connectivity index is 0.00000400. The summed E-state index contributed by atoms with van der Waals surface area (Å²) in [6.45, 7) is 4.35. The second kappa shape index (κ2) is 11.4. The van der Waals surface area contributed by atoms with Gasteiger partial charge in [-0.15, -0.1) is 12.4 Å². The Morgan fingerprint density at radius 3 is 2.62 bits per heavy atom. The standard InChI is InChI=1S/C16H26N2O2.ClH/c1-3-5-6-7-9-13(8-4-2)20-15-10-11-18-12-14(15)16(17)19;/h10-13H,3-9H2,1-2H3,(H2,17,19);1H. The van der Waals surface area contributed by atoms with Gasteiger partial charge in [-0.25, -0.2) is 0 Å². The lowest BCUT2D eigenvalue weighted by Crippen LogP contribution is -2.20. The van der Waals surface area contributed by atoms with Crippen molar-refractivity contribution in [2.24, 2.45) is 5.73 Å². The van der Waals surface area contributed by atoms with Gasteiger partial charge < -0.3 is 10.5 Å². The Kier molecular flexibility index (Phi) is 10.7. The van der Waals surface area contributed by atoms with Crippen molar-refractivity contribution in [1.82, 2.24) is 4.98 Å². The van der Waals surface area contributed by atoms with E-state index in [9.17, 15) is 4.79 Å². The fraction of sp³-hybridized carbons (Fsp3) is 0.625. The minimum atomic E-state index is -0.491. The third-order valence-corrected chi connectivity index (χ3v) is 3.33. The van der Waals surface area contributed by atoms with E-state index in [1.165, 1.54) is 25.5 Å². The van der Waals surface area contributed by atoms with E-state index >= 15 is 0 Å². The number of hydrogen-bond acceptors (Lipinski definition) is 3. The van der Waals surface area contributed by atoms with Crippen LogP contribution in [0.2, 0.25) is 0 Å². The molecule has 1 amide bonds. The maximum atomic E-state index is 11.4. The van der Waals surface area contributed by atoms with Gasteiger partial charge >= 0.3 is 0 Å². The number of carbonyl (C=O) groups is 1. The summed E-state index contributed by atoms with van der Waals surface area (Å²) in [5.74, 6) is 0.0655. The first-order valence-corrected chi connectivity index (χ1v) is 7.59. The molecule has 0 bridgehead atoms. The number of aromatic nitrogens is 1. The summed E-state index contributed by atoms with van der Waals surface area (Å²) in [6, 6.07) is 1.72. The molecule has 5 heteroatoms. The van der Waals surface area contributed by atoms with Crippen LogP contribution in [0.3, 0.4) is 0 Å². The van der Waals surface area contributed by atoms with Gasteiger partial charge in [-0.05, 0) is 25.3 Å². The van der Waals surface area contributed by atoms with Crippen LogP contribution in [0.5, 0.6) is 5.75 Å². The zero-order valence-electron chi connectivity index (χ0n) is 13.0.